The van der Waals surface area contributed by atoms with Crippen molar-refractivity contribution in [2.45, 2.75) is 69.0 Å². The minimum absolute atomic E-state index is 0.0522. The molecule has 1 aliphatic rings. The lowest BCUT2D eigenvalue weighted by Gasteiger charge is -2.34. The van der Waals surface area contributed by atoms with E-state index in [1.807, 2.05) is 49.4 Å². The van der Waals surface area contributed by atoms with Gasteiger partial charge < -0.3 is 10.2 Å². The minimum Gasteiger partial charge on any atom is -0.352 e. The van der Waals surface area contributed by atoms with Crippen LogP contribution in [0.15, 0.2) is 83.8 Å². The van der Waals surface area contributed by atoms with Crippen LogP contribution in [0.2, 0.25) is 5.02 Å². The number of sulfonamides is 1. The third-order valence-corrected chi connectivity index (χ3v) is 9.79. The number of likely N-dealkylation sites (N-methyl/N-ethyl adjacent to an activating group) is 1. The fraction of sp³-hybridized carbons (Fsp3) is 0.375. The van der Waals surface area contributed by atoms with Crippen LogP contribution in [-0.4, -0.2) is 55.1 Å². The van der Waals surface area contributed by atoms with Crippen LogP contribution in [0.1, 0.15) is 48.8 Å². The van der Waals surface area contributed by atoms with Gasteiger partial charge in [-0.15, -0.1) is 0 Å². The van der Waals surface area contributed by atoms with Gasteiger partial charge in [-0.2, -0.15) is 4.31 Å². The van der Waals surface area contributed by atoms with Gasteiger partial charge >= 0.3 is 0 Å². The lowest BCUT2D eigenvalue weighted by atomic mass is 9.94. The van der Waals surface area contributed by atoms with Gasteiger partial charge in [0.2, 0.25) is 21.8 Å². The second-order valence-corrected chi connectivity index (χ2v) is 13.2. The predicted octanol–water partition coefficient (Wildman–Crippen LogP) is 5.36. The normalized spacial score (nSPS) is 14.9. The molecule has 7 nitrogen and oxygen atoms in total. The molecular weight excluding hydrogens is 558 g/mol. The van der Waals surface area contributed by atoms with Gasteiger partial charge in [0, 0.05) is 31.1 Å². The van der Waals surface area contributed by atoms with Crippen molar-refractivity contribution >= 4 is 33.4 Å². The molecule has 1 unspecified atom stereocenters. The summed E-state index contributed by atoms with van der Waals surface area (Å²) in [6.45, 7) is 1.51. The second-order valence-electron chi connectivity index (χ2n) is 10.7. The summed E-state index contributed by atoms with van der Waals surface area (Å²) in [5.74, 6) is -0.729. The Morgan fingerprint density at radius 2 is 1.56 bits per heavy atom. The van der Waals surface area contributed by atoms with E-state index >= 15 is 0 Å². The number of nitrogens with one attached hydrogen (secondary N) is 1. The molecule has 1 saturated carbocycles. The summed E-state index contributed by atoms with van der Waals surface area (Å²) in [4.78, 5) is 29.5. The Balaban J connectivity index is 1.66. The molecule has 1 fully saturated rings. The first-order valence-corrected chi connectivity index (χ1v) is 15.9. The molecule has 0 spiro atoms. The Bertz CT molecular complexity index is 1420. The zero-order valence-corrected chi connectivity index (χ0v) is 25.2. The summed E-state index contributed by atoms with van der Waals surface area (Å²) in [7, 11) is -2.55. The smallest absolute Gasteiger partial charge is 0.243 e. The van der Waals surface area contributed by atoms with Crippen LogP contribution in [0.5, 0.6) is 0 Å². The second kappa shape index (κ2) is 14.1. The van der Waals surface area contributed by atoms with Gasteiger partial charge in [-0.25, -0.2) is 8.42 Å². The van der Waals surface area contributed by atoms with Gasteiger partial charge in [-0.1, -0.05) is 97.1 Å². The molecule has 9 heteroatoms. The monoisotopic (exact) mass is 595 g/mol. The Morgan fingerprint density at radius 3 is 2.22 bits per heavy atom. The van der Waals surface area contributed by atoms with Crippen molar-refractivity contribution in [2.75, 3.05) is 13.6 Å². The van der Waals surface area contributed by atoms with E-state index in [9.17, 15) is 18.0 Å². The van der Waals surface area contributed by atoms with E-state index in [0.29, 0.717) is 10.6 Å². The van der Waals surface area contributed by atoms with Crippen LogP contribution in [0.3, 0.4) is 0 Å². The molecule has 0 radical (unpaired) electrons. The van der Waals surface area contributed by atoms with Gasteiger partial charge in [0.05, 0.1) is 11.4 Å². The van der Waals surface area contributed by atoms with Crippen molar-refractivity contribution < 1.29 is 18.0 Å². The molecule has 1 atom stereocenters. The number of halogens is 1. The first kappa shape index (κ1) is 30.8. The zero-order valence-electron chi connectivity index (χ0n) is 23.6. The molecule has 1 aliphatic carbocycles. The summed E-state index contributed by atoms with van der Waals surface area (Å²) >= 11 is 6.50. The molecule has 41 heavy (non-hydrogen) atoms. The van der Waals surface area contributed by atoms with Crippen molar-refractivity contribution in [1.82, 2.24) is 14.5 Å². The highest BCUT2D eigenvalue weighted by molar-refractivity contribution is 7.89. The highest BCUT2D eigenvalue weighted by atomic mass is 35.5. The first-order valence-electron chi connectivity index (χ1n) is 14.1. The van der Waals surface area contributed by atoms with Crippen LogP contribution in [0, 0.1) is 6.92 Å². The third kappa shape index (κ3) is 8.18. The maximum Gasteiger partial charge on any atom is 0.243 e. The van der Waals surface area contributed by atoms with E-state index in [1.54, 1.807) is 24.3 Å². The first-order chi connectivity index (χ1) is 19.6. The number of benzene rings is 3. The molecule has 4 rings (SSSR count). The molecule has 3 aromatic carbocycles. The van der Waals surface area contributed by atoms with Crippen molar-refractivity contribution in [2.24, 2.45) is 0 Å². The summed E-state index contributed by atoms with van der Waals surface area (Å²) in [5.41, 5.74) is 2.50. The number of nitrogens with zero attached hydrogens (tertiary/aromatic N) is 2. The fourth-order valence-electron chi connectivity index (χ4n) is 5.16. The molecule has 1 N–H and O–H groups in total. The van der Waals surface area contributed by atoms with Gasteiger partial charge in [0.1, 0.15) is 6.04 Å². The number of carbonyl (C=O) groups is 2. The Hall–Kier alpha value is -3.20. The summed E-state index contributed by atoms with van der Waals surface area (Å²) < 4.78 is 27.7. The van der Waals surface area contributed by atoms with E-state index in [-0.39, 0.29) is 29.8 Å². The largest absolute Gasteiger partial charge is 0.352 e. The number of carbonyl (C=O) groups excluding carboxylic acids is 2. The summed E-state index contributed by atoms with van der Waals surface area (Å²) in [6, 6.07) is 22.4. The zero-order chi connectivity index (χ0) is 29.4. The molecule has 0 aromatic heterocycles. The molecule has 0 aliphatic heterocycles. The summed E-state index contributed by atoms with van der Waals surface area (Å²) in [5, 5.41) is 3.66. The van der Waals surface area contributed by atoms with E-state index in [0.717, 1.165) is 47.5 Å². The number of aryl methyl sites for hydroxylation is 1. The lowest BCUT2D eigenvalue weighted by Crippen LogP contribution is -2.54. The lowest BCUT2D eigenvalue weighted by molar-refractivity contribution is -0.141. The minimum atomic E-state index is -3.93. The SMILES string of the molecule is Cc1ccc(S(=O)(=O)N(C)CC(=O)N(Cc2ccccc2Cl)C(Cc2ccccc2)C(=O)NC2CCCCC2)cc1. The maximum absolute atomic E-state index is 14.0. The highest BCUT2D eigenvalue weighted by Gasteiger charge is 2.34. The number of amides is 2. The molecule has 0 heterocycles. The summed E-state index contributed by atoms with van der Waals surface area (Å²) in [6.07, 6.45) is 5.35. The van der Waals surface area contributed by atoms with Crippen molar-refractivity contribution in [3.05, 3.63) is 101 Å². The number of rotatable bonds is 11. The van der Waals surface area contributed by atoms with Gasteiger partial charge in [-0.05, 0) is 49.1 Å². The van der Waals surface area contributed by atoms with Crippen molar-refractivity contribution in [1.29, 1.82) is 0 Å². The van der Waals surface area contributed by atoms with Crippen LogP contribution in [0.4, 0.5) is 0 Å². The average Bonchev–Trinajstić information content (AvgIpc) is 2.97. The third-order valence-electron chi connectivity index (χ3n) is 7.61. The number of hydrogen-bond acceptors (Lipinski definition) is 4. The van der Waals surface area contributed by atoms with E-state index < -0.39 is 28.5 Å². The predicted molar refractivity (Wildman–Crippen MR) is 162 cm³/mol. The van der Waals surface area contributed by atoms with E-state index in [2.05, 4.69) is 5.32 Å². The fourth-order valence-corrected chi connectivity index (χ4v) is 6.48. The molecule has 0 saturated heterocycles. The highest BCUT2D eigenvalue weighted by Crippen LogP contribution is 2.23. The Labute approximate surface area is 248 Å². The quantitative estimate of drug-likeness (QED) is 0.323. The van der Waals surface area contributed by atoms with Gasteiger partial charge in [0.25, 0.3) is 0 Å². The van der Waals surface area contributed by atoms with Gasteiger partial charge in [-0.3, -0.25) is 9.59 Å². The standard InChI is InChI=1S/C32H38ClN3O4S/c1-24-17-19-28(20-18-24)41(39,40)35(2)23-31(37)36(22-26-13-9-10-16-29(26)33)30(21-25-11-5-3-6-12-25)32(38)34-27-14-7-4-8-15-27/h3,5-6,9-13,16-20,27,30H,4,7-8,14-15,21-23H2,1-2H3,(H,34,38). The van der Waals surface area contributed by atoms with Crippen LogP contribution in [0.25, 0.3) is 0 Å². The maximum atomic E-state index is 14.0. The van der Waals surface area contributed by atoms with Crippen molar-refractivity contribution in [3.8, 4) is 0 Å². The molecule has 218 valence electrons. The van der Waals surface area contributed by atoms with Crippen molar-refractivity contribution in [3.63, 3.8) is 0 Å². The van der Waals surface area contributed by atoms with Crippen LogP contribution >= 0.6 is 11.6 Å². The molecule has 3 aromatic rings. The molecule has 0 bridgehead atoms. The average molecular weight is 596 g/mol. The molecule has 2 amide bonds. The Morgan fingerprint density at radius 1 is 0.927 bits per heavy atom. The number of hydrogen-bond donors (Lipinski definition) is 1. The van der Waals surface area contributed by atoms with E-state index in [1.165, 1.54) is 24.1 Å². The topological polar surface area (TPSA) is 86.8 Å². The molecular formula is C32H38ClN3O4S. The Kier molecular flexibility index (Phi) is 10.6. The van der Waals surface area contributed by atoms with Crippen LogP contribution < -0.4 is 5.32 Å². The van der Waals surface area contributed by atoms with Crippen LogP contribution in [-0.2, 0) is 32.6 Å². The van der Waals surface area contributed by atoms with E-state index in [4.69, 9.17) is 11.6 Å². The van der Waals surface area contributed by atoms with Gasteiger partial charge in [0.15, 0.2) is 0 Å².